The highest BCUT2D eigenvalue weighted by atomic mass is 35.5. The number of benzene rings is 3. The molecule has 0 atom stereocenters. The number of nitrogens with zero attached hydrogens (tertiary/aromatic N) is 2. The summed E-state index contributed by atoms with van der Waals surface area (Å²) in [5.74, 6) is 0.370. The summed E-state index contributed by atoms with van der Waals surface area (Å²) >= 11 is 8.01. The van der Waals surface area contributed by atoms with Gasteiger partial charge in [-0.1, -0.05) is 66.2 Å². The van der Waals surface area contributed by atoms with Crippen molar-refractivity contribution in [2.45, 2.75) is 6.92 Å². The van der Waals surface area contributed by atoms with Crippen LogP contribution in [0, 0.1) is 12.7 Å². The molecule has 0 saturated heterocycles. The molecule has 0 amide bonds. The summed E-state index contributed by atoms with van der Waals surface area (Å²) in [6.07, 6.45) is 0. The SMILES string of the molecule is Cc1cccc(Cl)c1Nc1c(-c2ccccc2F)nc2scc(-c3ccccc3)n12. The van der Waals surface area contributed by atoms with Gasteiger partial charge < -0.3 is 5.32 Å². The summed E-state index contributed by atoms with van der Waals surface area (Å²) in [6.45, 7) is 1.99. The zero-order chi connectivity index (χ0) is 20.7. The first-order chi connectivity index (χ1) is 14.6. The summed E-state index contributed by atoms with van der Waals surface area (Å²) in [4.78, 5) is 5.56. The number of hydrogen-bond acceptors (Lipinski definition) is 3. The van der Waals surface area contributed by atoms with Gasteiger partial charge in [0.25, 0.3) is 0 Å². The van der Waals surface area contributed by atoms with Crippen LogP contribution in [-0.4, -0.2) is 9.38 Å². The van der Waals surface area contributed by atoms with Crippen molar-refractivity contribution in [3.8, 4) is 22.5 Å². The predicted molar refractivity (Wildman–Crippen MR) is 123 cm³/mol. The lowest BCUT2D eigenvalue weighted by atomic mass is 10.1. The van der Waals surface area contributed by atoms with Crippen molar-refractivity contribution in [3.63, 3.8) is 0 Å². The highest BCUT2D eigenvalue weighted by Gasteiger charge is 2.22. The molecule has 2 aromatic heterocycles. The van der Waals surface area contributed by atoms with Gasteiger partial charge >= 0.3 is 0 Å². The zero-order valence-electron chi connectivity index (χ0n) is 16.1. The highest BCUT2D eigenvalue weighted by molar-refractivity contribution is 7.15. The summed E-state index contributed by atoms with van der Waals surface area (Å²) in [7, 11) is 0. The van der Waals surface area contributed by atoms with E-state index < -0.39 is 0 Å². The lowest BCUT2D eigenvalue weighted by molar-refractivity contribution is 0.631. The van der Waals surface area contributed by atoms with Crippen molar-refractivity contribution in [3.05, 3.63) is 94.6 Å². The minimum Gasteiger partial charge on any atom is -0.338 e. The van der Waals surface area contributed by atoms with Crippen molar-refractivity contribution in [2.75, 3.05) is 5.32 Å². The maximum atomic E-state index is 14.7. The number of aryl methyl sites for hydroxylation is 1. The second-order valence-corrected chi connectivity index (χ2v) is 8.19. The third-order valence-corrected chi connectivity index (χ3v) is 6.17. The van der Waals surface area contributed by atoms with Gasteiger partial charge in [0, 0.05) is 10.9 Å². The maximum absolute atomic E-state index is 14.7. The molecule has 0 saturated carbocycles. The van der Waals surface area contributed by atoms with Gasteiger partial charge in [0.2, 0.25) is 0 Å². The van der Waals surface area contributed by atoms with E-state index in [-0.39, 0.29) is 5.82 Å². The maximum Gasteiger partial charge on any atom is 0.196 e. The molecule has 0 aliphatic rings. The number of aromatic nitrogens is 2. The fraction of sp³-hybridized carbons (Fsp3) is 0.0417. The fourth-order valence-electron chi connectivity index (χ4n) is 3.53. The van der Waals surface area contributed by atoms with Crippen molar-refractivity contribution in [2.24, 2.45) is 0 Å². The number of hydrogen-bond donors (Lipinski definition) is 1. The van der Waals surface area contributed by atoms with Crippen LogP contribution in [0.15, 0.2) is 78.2 Å². The lowest BCUT2D eigenvalue weighted by Gasteiger charge is -2.14. The summed E-state index contributed by atoms with van der Waals surface area (Å²) in [6, 6.07) is 22.5. The molecule has 6 heteroatoms. The first-order valence-corrected chi connectivity index (χ1v) is 10.7. The molecule has 3 nitrogen and oxygen atoms in total. The van der Waals surface area contributed by atoms with Gasteiger partial charge in [-0.25, -0.2) is 9.37 Å². The first kappa shape index (κ1) is 18.9. The molecule has 5 aromatic rings. The molecule has 148 valence electrons. The van der Waals surface area contributed by atoms with Crippen molar-refractivity contribution in [1.29, 1.82) is 0 Å². The molecule has 0 aliphatic heterocycles. The Hall–Kier alpha value is -3.15. The third kappa shape index (κ3) is 3.16. The van der Waals surface area contributed by atoms with Crippen molar-refractivity contribution < 1.29 is 4.39 Å². The van der Waals surface area contributed by atoms with Crippen LogP contribution < -0.4 is 5.32 Å². The van der Waals surface area contributed by atoms with E-state index in [1.807, 2.05) is 53.8 Å². The van der Waals surface area contributed by atoms with Gasteiger partial charge in [-0.15, -0.1) is 11.3 Å². The molecule has 1 N–H and O–H groups in total. The van der Waals surface area contributed by atoms with Gasteiger partial charge in [-0.05, 0) is 36.2 Å². The summed E-state index contributed by atoms with van der Waals surface area (Å²) in [5.41, 5.74) is 4.81. The van der Waals surface area contributed by atoms with E-state index in [1.54, 1.807) is 12.1 Å². The molecule has 2 heterocycles. The molecular formula is C24H17ClFN3S. The number of rotatable bonds is 4. The lowest BCUT2D eigenvalue weighted by Crippen LogP contribution is -2.00. The molecule has 3 aromatic carbocycles. The second kappa shape index (κ2) is 7.59. The Labute approximate surface area is 182 Å². The second-order valence-electron chi connectivity index (χ2n) is 6.95. The Kier molecular flexibility index (Phi) is 4.77. The zero-order valence-corrected chi connectivity index (χ0v) is 17.6. The number of fused-ring (bicyclic) bond motifs is 1. The van der Waals surface area contributed by atoms with E-state index in [4.69, 9.17) is 16.6 Å². The van der Waals surface area contributed by atoms with E-state index in [0.717, 1.165) is 27.5 Å². The van der Waals surface area contributed by atoms with E-state index in [0.29, 0.717) is 22.1 Å². The quantitative estimate of drug-likeness (QED) is 0.316. The van der Waals surface area contributed by atoms with Crippen LogP contribution in [-0.2, 0) is 0 Å². The third-order valence-electron chi connectivity index (χ3n) is 5.03. The van der Waals surface area contributed by atoms with Crippen LogP contribution in [0.4, 0.5) is 15.9 Å². The Morgan fingerprint density at radius 1 is 0.967 bits per heavy atom. The molecule has 5 rings (SSSR count). The Morgan fingerprint density at radius 3 is 2.50 bits per heavy atom. The largest absolute Gasteiger partial charge is 0.338 e. The number of para-hydroxylation sites is 1. The van der Waals surface area contributed by atoms with E-state index >= 15 is 0 Å². The summed E-state index contributed by atoms with van der Waals surface area (Å²) in [5, 5.41) is 6.12. The van der Waals surface area contributed by atoms with Gasteiger partial charge in [-0.3, -0.25) is 4.40 Å². The van der Waals surface area contributed by atoms with Crippen molar-refractivity contribution >= 4 is 39.4 Å². The van der Waals surface area contributed by atoms with Crippen LogP contribution in [0.25, 0.3) is 27.5 Å². The standard InChI is InChI=1S/C24H17ClFN3S/c1-15-8-7-12-18(25)21(15)27-23-22(17-11-5-6-13-19(17)26)28-24-29(23)20(14-30-24)16-9-3-2-4-10-16/h2-14,27H,1H3. The Bertz CT molecular complexity index is 1340. The fourth-order valence-corrected chi connectivity index (χ4v) is 4.70. The van der Waals surface area contributed by atoms with E-state index in [9.17, 15) is 4.39 Å². The number of halogens is 2. The van der Waals surface area contributed by atoms with Crippen LogP contribution in [0.5, 0.6) is 0 Å². The predicted octanol–water partition coefficient (Wildman–Crippen LogP) is 7.57. The van der Waals surface area contributed by atoms with Crippen LogP contribution in [0.2, 0.25) is 5.02 Å². The molecule has 0 radical (unpaired) electrons. The monoisotopic (exact) mass is 433 g/mol. The van der Waals surface area contributed by atoms with E-state index in [2.05, 4.69) is 22.8 Å². The first-order valence-electron chi connectivity index (χ1n) is 9.46. The van der Waals surface area contributed by atoms with Crippen LogP contribution >= 0.6 is 22.9 Å². The number of thiazole rings is 1. The molecule has 0 spiro atoms. The average molecular weight is 434 g/mol. The molecule has 0 aliphatic carbocycles. The normalized spacial score (nSPS) is 11.2. The molecule has 0 bridgehead atoms. The smallest absolute Gasteiger partial charge is 0.196 e. The van der Waals surface area contributed by atoms with Gasteiger partial charge in [0.05, 0.1) is 16.4 Å². The van der Waals surface area contributed by atoms with E-state index in [1.165, 1.54) is 17.4 Å². The Morgan fingerprint density at radius 2 is 1.73 bits per heavy atom. The minimum atomic E-state index is -0.316. The molecule has 0 fully saturated rings. The number of nitrogens with one attached hydrogen (secondary N) is 1. The Balaban J connectivity index is 1.79. The topological polar surface area (TPSA) is 29.3 Å². The molecule has 0 unspecified atom stereocenters. The van der Waals surface area contributed by atoms with Crippen LogP contribution in [0.3, 0.4) is 0 Å². The minimum absolute atomic E-state index is 0.316. The van der Waals surface area contributed by atoms with Gasteiger partial charge in [0.1, 0.15) is 17.3 Å². The molecule has 30 heavy (non-hydrogen) atoms. The average Bonchev–Trinajstić information content (AvgIpc) is 3.32. The van der Waals surface area contributed by atoms with Gasteiger partial charge in [-0.2, -0.15) is 0 Å². The molecular weight excluding hydrogens is 417 g/mol. The summed E-state index contributed by atoms with van der Waals surface area (Å²) < 4.78 is 16.7. The van der Waals surface area contributed by atoms with Crippen molar-refractivity contribution in [1.82, 2.24) is 9.38 Å². The van der Waals surface area contributed by atoms with Gasteiger partial charge in [0.15, 0.2) is 4.96 Å². The number of imidazole rings is 1. The van der Waals surface area contributed by atoms with Crippen LogP contribution in [0.1, 0.15) is 5.56 Å². The highest BCUT2D eigenvalue weighted by Crippen LogP contribution is 2.39. The number of anilines is 2.